The molecule has 0 saturated heterocycles. The van der Waals surface area contributed by atoms with Crippen molar-refractivity contribution in [2.75, 3.05) is 46.6 Å². The van der Waals surface area contributed by atoms with Crippen LogP contribution in [-0.4, -0.2) is 84.6 Å². The number of nitrogens with zero attached hydrogens (tertiary/aromatic N) is 9. The van der Waals surface area contributed by atoms with Crippen LogP contribution in [0.15, 0.2) is 195 Å². The summed E-state index contributed by atoms with van der Waals surface area (Å²) in [6, 6.07) is 20.4. The van der Waals surface area contributed by atoms with Crippen molar-refractivity contribution in [1.82, 2.24) is 9.88 Å². The third-order valence-electron chi connectivity index (χ3n) is 11.2. The van der Waals surface area contributed by atoms with E-state index in [4.69, 9.17) is 30.0 Å². The maximum Gasteiger partial charge on any atom is 0.365 e. The number of allylic oxidation sites excluding steroid dienone is 11. The molecular formula is C51H48N11O3+3. The lowest BCUT2D eigenvalue weighted by atomic mass is 9.97. The highest BCUT2D eigenvalue weighted by Crippen LogP contribution is 2.38. The van der Waals surface area contributed by atoms with Gasteiger partial charge < -0.3 is 24.5 Å². The van der Waals surface area contributed by atoms with Crippen molar-refractivity contribution >= 4 is 39.8 Å². The van der Waals surface area contributed by atoms with E-state index in [-0.39, 0.29) is 12.4 Å². The molecule has 0 saturated carbocycles. The lowest BCUT2D eigenvalue weighted by Crippen LogP contribution is -2.74. The first-order chi connectivity index (χ1) is 31.8. The second-order valence-electron chi connectivity index (χ2n) is 15.7. The van der Waals surface area contributed by atoms with Crippen LogP contribution in [0.5, 0.6) is 0 Å². The summed E-state index contributed by atoms with van der Waals surface area (Å²) in [4.78, 5) is 27.7. The van der Waals surface area contributed by atoms with E-state index < -0.39 is 0 Å². The summed E-state index contributed by atoms with van der Waals surface area (Å²) in [6.45, 7) is 2.17. The minimum absolute atomic E-state index is 0.0421. The first-order valence-corrected chi connectivity index (χ1v) is 21.4. The highest BCUT2D eigenvalue weighted by molar-refractivity contribution is 6.36. The third-order valence-corrected chi connectivity index (χ3v) is 11.2. The Bertz CT molecular complexity index is 2980. The zero-order valence-corrected chi connectivity index (χ0v) is 36.4. The van der Waals surface area contributed by atoms with Gasteiger partial charge in [0.1, 0.15) is 20.7 Å². The van der Waals surface area contributed by atoms with E-state index in [1.165, 1.54) is 0 Å². The number of ether oxygens (including phenoxy) is 2. The number of hydrogen-bond donors (Lipinski definition) is 3. The first-order valence-electron chi connectivity index (χ1n) is 21.4. The summed E-state index contributed by atoms with van der Waals surface area (Å²) in [7, 11) is 6.03. The predicted octanol–water partition coefficient (Wildman–Crippen LogP) is 5.64. The number of aliphatic hydroxyl groups is 1. The standard InChI is InChI=1S/C51H46N11O3/c1-60-24-16-35(17-25-60)48-41-10-8-39(55-41)47(34-4-6-38(7-5-34)51(63)53-22-30-64-32-33-65-31-23-54-59-52)40-9-11-42(56-40)49(36-18-26-61(2)27-19-36)44-13-15-46(58-44)50(45-14-12-43(48)57-45)37-20-28-62(3)29-21-37/h4-21,24-29H,22-23,30-33H2,1-3H3,(H-,53,55,56,57,58,63)/q+1/p+2. The molecule has 1 aromatic carbocycles. The Morgan fingerprint density at radius 3 is 1.69 bits per heavy atom. The summed E-state index contributed by atoms with van der Waals surface area (Å²) in [6.07, 6.45) is 28.9. The summed E-state index contributed by atoms with van der Waals surface area (Å²) >= 11 is 0. The SMILES string of the molecule is CN1C=CC(=C2C3=NC(=C(c4cc[n+](C)cc4)C4=NC(=C(c5ccc(C(O)=[NH+]CCOCCOCCN=[N+]=[N-])cc5)c5ccc([nH]5)C(c5cc[n+](C)cc5)=C5C=CC2=N5)C=C4)C=C3)C=C1. The van der Waals surface area contributed by atoms with Crippen LogP contribution in [0.1, 0.15) is 33.6 Å². The molecule has 14 nitrogen and oxygen atoms in total. The van der Waals surface area contributed by atoms with E-state index in [0.29, 0.717) is 38.5 Å². The Hall–Kier alpha value is -8.03. The van der Waals surface area contributed by atoms with Crippen LogP contribution in [0.25, 0.3) is 27.2 Å². The number of aromatic nitrogens is 3. The van der Waals surface area contributed by atoms with Crippen molar-refractivity contribution < 1.29 is 28.7 Å². The van der Waals surface area contributed by atoms with Crippen LogP contribution < -0.4 is 14.1 Å². The highest BCUT2D eigenvalue weighted by atomic mass is 16.5. The zero-order valence-electron chi connectivity index (χ0n) is 36.4. The van der Waals surface area contributed by atoms with E-state index in [0.717, 1.165) is 90.2 Å². The van der Waals surface area contributed by atoms with Crippen molar-refractivity contribution in [3.05, 3.63) is 219 Å². The summed E-state index contributed by atoms with van der Waals surface area (Å²) in [5, 5.41) is 14.5. The number of pyridine rings is 2. The summed E-state index contributed by atoms with van der Waals surface area (Å²) in [5.74, 6) is 0.0421. The predicted molar refractivity (Wildman–Crippen MR) is 252 cm³/mol. The van der Waals surface area contributed by atoms with Crippen molar-refractivity contribution in [2.45, 2.75) is 0 Å². The number of benzene rings is 1. The number of aliphatic hydroxyl groups excluding tert-OH is 1. The first kappa shape index (κ1) is 42.3. The maximum atomic E-state index is 11.0. The Labute approximate surface area is 376 Å². The van der Waals surface area contributed by atoms with Crippen molar-refractivity contribution in [1.29, 1.82) is 0 Å². The highest BCUT2D eigenvalue weighted by Gasteiger charge is 2.27. The molecule has 8 heterocycles. The van der Waals surface area contributed by atoms with Crippen molar-refractivity contribution in [3.8, 4) is 0 Å². The van der Waals surface area contributed by atoms with E-state index in [9.17, 15) is 5.11 Å². The van der Waals surface area contributed by atoms with Gasteiger partial charge in [0.15, 0.2) is 31.3 Å². The number of aliphatic imine (C=N–C) groups is 3. The molecule has 3 aromatic heterocycles. The van der Waals surface area contributed by atoms with Gasteiger partial charge >= 0.3 is 5.90 Å². The normalized spacial score (nSPS) is 16.6. The van der Waals surface area contributed by atoms with E-state index in [2.05, 4.69) is 105 Å². The number of hydrogen-bond acceptors (Lipinski definition) is 7. The van der Waals surface area contributed by atoms with Crippen LogP contribution in [-0.2, 0) is 23.6 Å². The van der Waals surface area contributed by atoms with Crippen LogP contribution in [0.3, 0.4) is 0 Å². The van der Waals surface area contributed by atoms with Crippen molar-refractivity contribution in [3.63, 3.8) is 0 Å². The zero-order chi connectivity index (χ0) is 44.7. The third kappa shape index (κ3) is 9.36. The van der Waals surface area contributed by atoms with Gasteiger partial charge in [-0.05, 0) is 101 Å². The molecule has 8 bridgehead atoms. The Morgan fingerprint density at radius 2 is 1.14 bits per heavy atom. The van der Waals surface area contributed by atoms with Crippen LogP contribution in [0.4, 0.5) is 0 Å². The number of fused-ring (bicyclic) bond motifs is 5. The van der Waals surface area contributed by atoms with Gasteiger partial charge in [0.05, 0.1) is 59.6 Å². The molecule has 65 heavy (non-hydrogen) atoms. The smallest absolute Gasteiger partial charge is 0.365 e. The van der Waals surface area contributed by atoms with E-state index in [1.807, 2.05) is 96.6 Å². The van der Waals surface area contributed by atoms with Crippen molar-refractivity contribution in [2.24, 2.45) is 34.2 Å². The molecule has 3 N–H and O–H groups in total. The summed E-state index contributed by atoms with van der Waals surface area (Å²) in [5.41, 5.74) is 23.2. The lowest BCUT2D eigenvalue weighted by Gasteiger charge is -2.16. The average molecular weight is 863 g/mol. The van der Waals surface area contributed by atoms with E-state index >= 15 is 0 Å². The molecule has 0 spiro atoms. The molecule has 5 aliphatic rings. The fourth-order valence-corrected chi connectivity index (χ4v) is 7.96. The topological polar surface area (TPSA) is 165 Å². The molecule has 322 valence electrons. The molecule has 0 radical (unpaired) electrons. The van der Waals surface area contributed by atoms with Crippen LogP contribution in [0, 0.1) is 0 Å². The second kappa shape index (κ2) is 19.2. The van der Waals surface area contributed by atoms with Crippen LogP contribution in [0.2, 0.25) is 0 Å². The molecule has 0 amide bonds. The monoisotopic (exact) mass is 862 g/mol. The van der Waals surface area contributed by atoms with E-state index in [1.54, 1.807) is 0 Å². The fourth-order valence-electron chi connectivity index (χ4n) is 7.96. The second-order valence-corrected chi connectivity index (χ2v) is 15.7. The number of H-pyrrole nitrogens is 1. The Kier molecular flexibility index (Phi) is 12.5. The van der Waals surface area contributed by atoms with Gasteiger partial charge in [0, 0.05) is 88.8 Å². The Balaban J connectivity index is 1.15. The molecule has 9 rings (SSSR count). The molecule has 5 aliphatic heterocycles. The number of aromatic amines is 1. The largest absolute Gasteiger partial charge is 0.460 e. The quantitative estimate of drug-likeness (QED) is 0.0302. The van der Waals surface area contributed by atoms with Crippen LogP contribution >= 0.6 is 0 Å². The molecule has 0 aliphatic carbocycles. The maximum absolute atomic E-state index is 11.0. The van der Waals surface area contributed by atoms with Gasteiger partial charge in [-0.2, -0.15) is 0 Å². The van der Waals surface area contributed by atoms with Gasteiger partial charge in [-0.1, -0.05) is 17.2 Å². The van der Waals surface area contributed by atoms with Gasteiger partial charge in [-0.3, -0.25) is 0 Å². The minimum Gasteiger partial charge on any atom is -0.460 e. The molecule has 0 fully saturated rings. The molecule has 4 aromatic rings. The lowest BCUT2D eigenvalue weighted by molar-refractivity contribution is -0.671. The minimum atomic E-state index is 0.0421. The number of azide groups is 1. The van der Waals surface area contributed by atoms with Gasteiger partial charge in [0.25, 0.3) is 0 Å². The Morgan fingerprint density at radius 1 is 0.646 bits per heavy atom. The summed E-state index contributed by atoms with van der Waals surface area (Å²) < 4.78 is 15.0. The van der Waals surface area contributed by atoms with Gasteiger partial charge in [0.2, 0.25) is 0 Å². The number of aryl methyl sites for hydroxylation is 2. The number of nitrogens with one attached hydrogen (secondary N) is 2. The van der Waals surface area contributed by atoms with Gasteiger partial charge in [-0.15, -0.1) is 0 Å². The molecule has 14 heteroatoms. The molecule has 0 atom stereocenters. The molecular weight excluding hydrogens is 815 g/mol. The average Bonchev–Trinajstić information content (AvgIpc) is 4.17. The number of rotatable bonds is 13. The van der Waals surface area contributed by atoms with Gasteiger partial charge in [-0.25, -0.2) is 29.1 Å². The molecule has 0 unspecified atom stereocenters. The fraction of sp³-hybridized carbons (Fsp3) is 0.176.